The largest absolute Gasteiger partial charge is 0.462 e. The van der Waals surface area contributed by atoms with Gasteiger partial charge in [-0.3, -0.25) is 4.79 Å². The van der Waals surface area contributed by atoms with E-state index < -0.39 is 21.9 Å². The van der Waals surface area contributed by atoms with E-state index in [2.05, 4.69) is 18.8 Å². The van der Waals surface area contributed by atoms with Crippen LogP contribution in [0.2, 0.25) is 0 Å². The molecular weight excluding hydrogens is 486 g/mol. The Labute approximate surface area is 208 Å². The maximum Gasteiger partial charge on any atom is 0.338 e. The van der Waals surface area contributed by atoms with Crippen molar-refractivity contribution in [3.8, 4) is 0 Å². The second-order valence-corrected chi connectivity index (χ2v) is 12.0. The van der Waals surface area contributed by atoms with Gasteiger partial charge in [-0.15, -0.1) is 0 Å². The molecule has 1 amide bonds. The van der Waals surface area contributed by atoms with Crippen LogP contribution in [-0.2, 0) is 21.8 Å². The molecule has 0 spiro atoms. The van der Waals surface area contributed by atoms with Gasteiger partial charge >= 0.3 is 5.97 Å². The minimum Gasteiger partial charge on any atom is -0.462 e. The van der Waals surface area contributed by atoms with Gasteiger partial charge in [0.1, 0.15) is 0 Å². The van der Waals surface area contributed by atoms with E-state index >= 15 is 0 Å². The summed E-state index contributed by atoms with van der Waals surface area (Å²) >= 11 is 1.29. The van der Waals surface area contributed by atoms with Gasteiger partial charge in [0.15, 0.2) is 4.80 Å². The molecule has 1 aromatic heterocycles. The zero-order chi connectivity index (χ0) is 25.3. The number of nitrogens with zero attached hydrogens (tertiary/aromatic N) is 3. The van der Waals surface area contributed by atoms with Crippen molar-refractivity contribution in [2.24, 2.45) is 23.9 Å². The molecule has 0 radical (unpaired) electrons. The number of sulfonamides is 1. The molecule has 0 aliphatic carbocycles. The summed E-state index contributed by atoms with van der Waals surface area (Å²) < 4.78 is 35.4. The van der Waals surface area contributed by atoms with E-state index in [0.717, 1.165) is 16.6 Å². The first-order chi connectivity index (χ1) is 16.6. The van der Waals surface area contributed by atoms with E-state index in [1.54, 1.807) is 36.7 Å². The molecule has 0 saturated carbocycles. The molecule has 8 nitrogen and oxygen atoms in total. The van der Waals surface area contributed by atoms with Crippen molar-refractivity contribution < 1.29 is 22.7 Å². The summed E-state index contributed by atoms with van der Waals surface area (Å²) in [6, 6.07) is 11.1. The number of aromatic nitrogens is 1. The van der Waals surface area contributed by atoms with Gasteiger partial charge in [-0.2, -0.15) is 9.30 Å². The van der Waals surface area contributed by atoms with Gasteiger partial charge in [-0.25, -0.2) is 13.2 Å². The zero-order valence-electron chi connectivity index (χ0n) is 20.2. The van der Waals surface area contributed by atoms with Crippen LogP contribution < -0.4 is 4.80 Å². The molecule has 3 aromatic rings. The molecule has 1 aliphatic rings. The maximum atomic E-state index is 13.1. The first kappa shape index (κ1) is 25.3. The number of carbonyl (C=O) groups excluding carboxylic acids is 2. The number of benzene rings is 2. The van der Waals surface area contributed by atoms with E-state index in [0.29, 0.717) is 47.5 Å². The van der Waals surface area contributed by atoms with Crippen LogP contribution in [-0.4, -0.2) is 48.9 Å². The van der Waals surface area contributed by atoms with Crippen LogP contribution in [0, 0.1) is 11.8 Å². The highest BCUT2D eigenvalue weighted by molar-refractivity contribution is 7.89. The lowest BCUT2D eigenvalue weighted by Crippen LogP contribution is -2.42. The van der Waals surface area contributed by atoms with Crippen LogP contribution in [0.5, 0.6) is 0 Å². The molecule has 35 heavy (non-hydrogen) atoms. The smallest absolute Gasteiger partial charge is 0.338 e. The van der Waals surface area contributed by atoms with Gasteiger partial charge in [0.05, 0.1) is 27.3 Å². The number of carbonyl (C=O) groups is 2. The van der Waals surface area contributed by atoms with Crippen molar-refractivity contribution in [2.75, 3.05) is 19.7 Å². The molecule has 2 unspecified atom stereocenters. The number of hydrogen-bond acceptors (Lipinski definition) is 6. The topological polar surface area (TPSA) is 98.0 Å². The standard InChI is InChI=1S/C25H29N3O5S2/c1-5-33-24(30)19-8-11-21-22(13-19)34-25(27(21)4)26-23(29)18-6-9-20(10-7-18)35(31,32)28-14-16(2)12-17(3)15-28/h6-11,13,16-17H,5,12,14-15H2,1-4H3. The Morgan fingerprint density at radius 1 is 1.06 bits per heavy atom. The maximum absolute atomic E-state index is 13.1. The van der Waals surface area contributed by atoms with E-state index in [9.17, 15) is 18.0 Å². The third-order valence-corrected chi connectivity index (χ3v) is 9.03. The average molecular weight is 516 g/mol. The lowest BCUT2D eigenvalue weighted by atomic mass is 9.94. The van der Waals surface area contributed by atoms with Crippen LogP contribution in [0.1, 0.15) is 47.9 Å². The number of hydrogen-bond donors (Lipinski definition) is 0. The summed E-state index contributed by atoms with van der Waals surface area (Å²) in [5, 5.41) is 0. The van der Waals surface area contributed by atoms with Gasteiger partial charge < -0.3 is 9.30 Å². The Bertz CT molecular complexity index is 1430. The van der Waals surface area contributed by atoms with Crippen molar-refractivity contribution >= 4 is 43.5 Å². The second kappa shape index (κ2) is 10.0. The molecule has 10 heteroatoms. The number of thiazole rings is 1. The second-order valence-electron chi connectivity index (χ2n) is 9.06. The number of aryl methyl sites for hydroxylation is 1. The van der Waals surface area contributed by atoms with Crippen LogP contribution in [0.3, 0.4) is 0 Å². The molecule has 0 N–H and O–H groups in total. The van der Waals surface area contributed by atoms with Crippen molar-refractivity contribution in [3.63, 3.8) is 0 Å². The van der Waals surface area contributed by atoms with Crippen LogP contribution in [0.25, 0.3) is 10.2 Å². The molecule has 4 rings (SSSR count). The SMILES string of the molecule is CCOC(=O)c1ccc2c(c1)sc(=NC(=O)c1ccc(S(=O)(=O)N3CC(C)CC(C)C3)cc1)n2C. The van der Waals surface area contributed by atoms with Crippen molar-refractivity contribution in [3.05, 3.63) is 58.4 Å². The quantitative estimate of drug-likeness (QED) is 0.481. The van der Waals surface area contributed by atoms with Crippen molar-refractivity contribution in [2.45, 2.75) is 32.1 Å². The molecular formula is C25H29N3O5S2. The number of ether oxygens (including phenoxy) is 1. The fourth-order valence-corrected chi connectivity index (χ4v) is 7.19. The Hall–Kier alpha value is -2.82. The number of fused-ring (bicyclic) bond motifs is 1. The molecule has 0 bridgehead atoms. The van der Waals surface area contributed by atoms with E-state index in [1.165, 1.54) is 39.9 Å². The van der Waals surface area contributed by atoms with E-state index in [1.807, 2.05) is 0 Å². The molecule has 2 heterocycles. The average Bonchev–Trinajstić information content (AvgIpc) is 3.13. The minimum atomic E-state index is -3.62. The number of esters is 1. The molecule has 186 valence electrons. The van der Waals surface area contributed by atoms with Gasteiger partial charge in [0, 0.05) is 25.7 Å². The third kappa shape index (κ3) is 5.24. The predicted octanol–water partition coefficient (Wildman–Crippen LogP) is 3.82. The molecule has 1 saturated heterocycles. The van der Waals surface area contributed by atoms with Crippen molar-refractivity contribution in [1.29, 1.82) is 0 Å². The molecule has 2 aromatic carbocycles. The normalized spacial score (nSPS) is 19.7. The van der Waals surface area contributed by atoms with E-state index in [4.69, 9.17) is 4.74 Å². The Balaban J connectivity index is 1.59. The fourth-order valence-electron chi connectivity index (χ4n) is 4.45. The van der Waals surface area contributed by atoms with Crippen LogP contribution >= 0.6 is 11.3 Å². The van der Waals surface area contributed by atoms with Crippen molar-refractivity contribution in [1.82, 2.24) is 8.87 Å². The fraction of sp³-hybridized carbons (Fsp3) is 0.400. The van der Waals surface area contributed by atoms with Gasteiger partial charge in [-0.05, 0) is 67.6 Å². The number of rotatable bonds is 5. The lowest BCUT2D eigenvalue weighted by molar-refractivity contribution is 0.0526. The summed E-state index contributed by atoms with van der Waals surface area (Å²) in [5.74, 6) is -0.252. The highest BCUT2D eigenvalue weighted by Crippen LogP contribution is 2.27. The predicted molar refractivity (Wildman–Crippen MR) is 135 cm³/mol. The summed E-state index contributed by atoms with van der Waals surface area (Å²) in [5.41, 5.74) is 1.57. The number of amides is 1. The zero-order valence-corrected chi connectivity index (χ0v) is 21.9. The monoisotopic (exact) mass is 515 g/mol. The Kier molecular flexibility index (Phi) is 7.25. The Morgan fingerprint density at radius 3 is 2.31 bits per heavy atom. The Morgan fingerprint density at radius 2 is 1.69 bits per heavy atom. The first-order valence-electron chi connectivity index (χ1n) is 11.6. The van der Waals surface area contributed by atoms with E-state index in [-0.39, 0.29) is 4.90 Å². The third-order valence-electron chi connectivity index (χ3n) is 6.09. The first-order valence-corrected chi connectivity index (χ1v) is 13.8. The molecule has 1 fully saturated rings. The van der Waals surface area contributed by atoms with Gasteiger partial charge in [0.25, 0.3) is 5.91 Å². The summed E-state index contributed by atoms with van der Waals surface area (Å²) in [6.07, 6.45) is 1.01. The van der Waals surface area contributed by atoms with Gasteiger partial charge in [-0.1, -0.05) is 25.2 Å². The van der Waals surface area contributed by atoms with Crippen LogP contribution in [0.15, 0.2) is 52.4 Å². The van der Waals surface area contributed by atoms with Crippen LogP contribution in [0.4, 0.5) is 0 Å². The summed E-state index contributed by atoms with van der Waals surface area (Å²) in [6.45, 7) is 7.17. The highest BCUT2D eigenvalue weighted by Gasteiger charge is 2.31. The molecule has 2 atom stereocenters. The number of piperidine rings is 1. The summed E-state index contributed by atoms with van der Waals surface area (Å²) in [4.78, 5) is 29.8. The highest BCUT2D eigenvalue weighted by atomic mass is 32.2. The molecule has 1 aliphatic heterocycles. The summed E-state index contributed by atoms with van der Waals surface area (Å²) in [7, 11) is -1.82. The minimum absolute atomic E-state index is 0.175. The lowest BCUT2D eigenvalue weighted by Gasteiger charge is -2.34. The van der Waals surface area contributed by atoms with Gasteiger partial charge in [0.2, 0.25) is 10.0 Å².